The van der Waals surface area contributed by atoms with E-state index in [0.29, 0.717) is 23.8 Å². The fraction of sp³-hybridized carbons (Fsp3) is 0.440. The average Bonchev–Trinajstić information content (AvgIpc) is 2.70. The van der Waals surface area contributed by atoms with Gasteiger partial charge in [0.05, 0.1) is 0 Å². The summed E-state index contributed by atoms with van der Waals surface area (Å²) in [5.74, 6) is 0.950. The lowest BCUT2D eigenvalue weighted by Crippen LogP contribution is -2.36. The Bertz CT molecular complexity index is 872. The van der Waals surface area contributed by atoms with E-state index in [4.69, 9.17) is 4.74 Å². The van der Waals surface area contributed by atoms with Crippen molar-refractivity contribution < 1.29 is 14.3 Å². The number of hydrogen-bond acceptors (Lipinski definition) is 3. The smallest absolute Gasteiger partial charge is 0.261 e. The Kier molecular flexibility index (Phi) is 8.04. The van der Waals surface area contributed by atoms with Crippen molar-refractivity contribution in [2.24, 2.45) is 0 Å². The lowest BCUT2D eigenvalue weighted by Gasteiger charge is -2.21. The van der Waals surface area contributed by atoms with E-state index in [9.17, 15) is 9.59 Å². The van der Waals surface area contributed by atoms with E-state index >= 15 is 0 Å². The first kappa shape index (κ1) is 23.5. The Morgan fingerprint density at radius 3 is 2.17 bits per heavy atom. The van der Waals surface area contributed by atoms with Crippen molar-refractivity contribution in [3.05, 3.63) is 64.7 Å². The maximum Gasteiger partial charge on any atom is 0.261 e. The maximum atomic E-state index is 12.4. The zero-order valence-electron chi connectivity index (χ0n) is 19.2. The monoisotopic (exact) mass is 410 g/mol. The normalized spacial score (nSPS) is 12.0. The quantitative estimate of drug-likeness (QED) is 0.687. The molecule has 0 aliphatic heterocycles. The van der Waals surface area contributed by atoms with Crippen molar-refractivity contribution in [3.8, 4) is 5.75 Å². The molecule has 5 nitrogen and oxygen atoms in total. The van der Waals surface area contributed by atoms with Gasteiger partial charge in [-0.2, -0.15) is 0 Å². The van der Waals surface area contributed by atoms with E-state index in [1.165, 1.54) is 5.56 Å². The topological polar surface area (TPSA) is 58.6 Å². The van der Waals surface area contributed by atoms with E-state index in [1.54, 1.807) is 31.0 Å². The van der Waals surface area contributed by atoms with Crippen LogP contribution >= 0.6 is 0 Å². The summed E-state index contributed by atoms with van der Waals surface area (Å²) in [6.45, 7) is 12.4. The molecule has 162 valence electrons. The van der Waals surface area contributed by atoms with Crippen LogP contribution in [0.25, 0.3) is 0 Å². The molecule has 5 heteroatoms. The number of benzene rings is 2. The van der Waals surface area contributed by atoms with Crippen LogP contribution in [0, 0.1) is 6.92 Å². The number of nitrogens with one attached hydrogen (secondary N) is 1. The van der Waals surface area contributed by atoms with E-state index in [2.05, 4.69) is 32.2 Å². The summed E-state index contributed by atoms with van der Waals surface area (Å²) in [6.07, 6.45) is -0.602. The summed E-state index contributed by atoms with van der Waals surface area (Å²) in [6, 6.07) is 13.4. The zero-order valence-corrected chi connectivity index (χ0v) is 19.2. The van der Waals surface area contributed by atoms with Crippen LogP contribution in [-0.2, 0) is 11.3 Å². The molecule has 1 N–H and O–H groups in total. The number of ether oxygens (including phenoxy) is 1. The average molecular weight is 411 g/mol. The summed E-state index contributed by atoms with van der Waals surface area (Å²) < 4.78 is 5.82. The van der Waals surface area contributed by atoms with E-state index < -0.39 is 6.10 Å². The second-order valence-corrected chi connectivity index (χ2v) is 8.36. The molecule has 0 spiro atoms. The molecule has 0 saturated heterocycles. The molecule has 0 aliphatic rings. The highest BCUT2D eigenvalue weighted by molar-refractivity contribution is 5.94. The van der Waals surface area contributed by atoms with E-state index in [1.807, 2.05) is 38.1 Å². The molecule has 0 bridgehead atoms. The van der Waals surface area contributed by atoms with Gasteiger partial charge in [0, 0.05) is 25.2 Å². The predicted molar refractivity (Wildman–Crippen MR) is 121 cm³/mol. The molecule has 1 atom stereocenters. The number of carbonyl (C=O) groups excluding carboxylic acids is 2. The minimum atomic E-state index is -0.602. The van der Waals surface area contributed by atoms with Gasteiger partial charge in [0.15, 0.2) is 6.10 Å². The molecule has 2 amide bonds. The largest absolute Gasteiger partial charge is 0.481 e. The van der Waals surface area contributed by atoms with Gasteiger partial charge in [0.1, 0.15) is 5.75 Å². The summed E-state index contributed by atoms with van der Waals surface area (Å²) >= 11 is 0. The van der Waals surface area contributed by atoms with E-state index in [-0.39, 0.29) is 17.9 Å². The van der Waals surface area contributed by atoms with Gasteiger partial charge in [0.25, 0.3) is 11.8 Å². The van der Waals surface area contributed by atoms with Gasteiger partial charge in [-0.1, -0.05) is 32.0 Å². The van der Waals surface area contributed by atoms with Crippen LogP contribution in [0.2, 0.25) is 0 Å². The first-order valence-electron chi connectivity index (χ1n) is 10.5. The summed E-state index contributed by atoms with van der Waals surface area (Å²) in [7, 11) is 1.79. The summed E-state index contributed by atoms with van der Waals surface area (Å²) in [4.78, 5) is 26.5. The van der Waals surface area contributed by atoms with Gasteiger partial charge >= 0.3 is 0 Å². The first-order chi connectivity index (χ1) is 14.1. The fourth-order valence-electron chi connectivity index (χ4n) is 3.16. The third kappa shape index (κ3) is 6.09. The Morgan fingerprint density at radius 1 is 1.00 bits per heavy atom. The second-order valence-electron chi connectivity index (χ2n) is 8.36. The first-order valence-corrected chi connectivity index (χ1v) is 10.5. The standard InChI is InChI=1S/C25H34N2O3/c1-16(2)23-13-12-22(14-18(23)5)30-19(6)24(28)26-15-20-8-10-21(11-9-20)25(29)27(7)17(3)4/h8-14,16-17,19H,15H2,1-7H3,(H,26,28). The number of rotatable bonds is 8. The molecular formula is C25H34N2O3. The van der Waals surface area contributed by atoms with Crippen LogP contribution in [0.3, 0.4) is 0 Å². The van der Waals surface area contributed by atoms with Gasteiger partial charge in [-0.25, -0.2) is 0 Å². The third-order valence-corrected chi connectivity index (χ3v) is 5.31. The van der Waals surface area contributed by atoms with Gasteiger partial charge in [-0.15, -0.1) is 0 Å². The highest BCUT2D eigenvalue weighted by atomic mass is 16.5. The third-order valence-electron chi connectivity index (χ3n) is 5.31. The number of nitrogens with zero attached hydrogens (tertiary/aromatic N) is 1. The number of aryl methyl sites for hydroxylation is 1. The highest BCUT2D eigenvalue weighted by Crippen LogP contribution is 2.24. The van der Waals surface area contributed by atoms with Gasteiger partial charge < -0.3 is 15.0 Å². The Morgan fingerprint density at radius 2 is 1.63 bits per heavy atom. The molecule has 0 aromatic heterocycles. The maximum absolute atomic E-state index is 12.4. The lowest BCUT2D eigenvalue weighted by molar-refractivity contribution is -0.127. The summed E-state index contributed by atoms with van der Waals surface area (Å²) in [5, 5.41) is 2.89. The van der Waals surface area contributed by atoms with Crippen molar-refractivity contribution in [3.63, 3.8) is 0 Å². The minimum Gasteiger partial charge on any atom is -0.481 e. The fourth-order valence-corrected chi connectivity index (χ4v) is 3.16. The molecule has 30 heavy (non-hydrogen) atoms. The molecule has 0 fully saturated rings. The molecule has 0 saturated carbocycles. The van der Waals surface area contributed by atoms with Crippen LogP contribution in [0.4, 0.5) is 0 Å². The van der Waals surface area contributed by atoms with Crippen LogP contribution in [0.5, 0.6) is 5.75 Å². The van der Waals surface area contributed by atoms with Crippen molar-refractivity contribution in [1.29, 1.82) is 0 Å². The van der Waals surface area contributed by atoms with Crippen molar-refractivity contribution in [1.82, 2.24) is 10.2 Å². The van der Waals surface area contributed by atoms with Crippen LogP contribution in [-0.4, -0.2) is 35.9 Å². The molecule has 2 rings (SSSR count). The SMILES string of the molecule is Cc1cc(OC(C)C(=O)NCc2ccc(C(=O)N(C)C(C)C)cc2)ccc1C(C)C. The zero-order chi connectivity index (χ0) is 22.4. The molecule has 2 aromatic rings. The predicted octanol–water partition coefficient (Wildman–Crippen LogP) is 4.68. The van der Waals surface area contributed by atoms with Crippen LogP contribution < -0.4 is 10.1 Å². The molecular weight excluding hydrogens is 376 g/mol. The Labute approximate surface area is 180 Å². The molecule has 0 aliphatic carbocycles. The highest BCUT2D eigenvalue weighted by Gasteiger charge is 2.16. The molecule has 0 radical (unpaired) electrons. The van der Waals surface area contributed by atoms with Gasteiger partial charge in [-0.05, 0) is 74.6 Å². The van der Waals surface area contributed by atoms with Gasteiger partial charge in [-0.3, -0.25) is 9.59 Å². The van der Waals surface area contributed by atoms with E-state index in [0.717, 1.165) is 11.1 Å². The Hall–Kier alpha value is -2.82. The number of hydrogen-bond donors (Lipinski definition) is 1. The van der Waals surface area contributed by atoms with Crippen molar-refractivity contribution in [2.45, 2.75) is 66.2 Å². The molecule has 0 heterocycles. The van der Waals surface area contributed by atoms with Gasteiger partial charge in [0.2, 0.25) is 0 Å². The summed E-state index contributed by atoms with van der Waals surface area (Å²) in [5.41, 5.74) is 4.00. The molecule has 2 aromatic carbocycles. The number of carbonyl (C=O) groups is 2. The minimum absolute atomic E-state index is 0.0126. The van der Waals surface area contributed by atoms with Crippen LogP contribution in [0.1, 0.15) is 67.6 Å². The number of amides is 2. The molecule has 1 unspecified atom stereocenters. The van der Waals surface area contributed by atoms with Crippen LogP contribution in [0.15, 0.2) is 42.5 Å². The van der Waals surface area contributed by atoms with Crippen molar-refractivity contribution >= 4 is 11.8 Å². The lowest BCUT2D eigenvalue weighted by atomic mass is 9.98. The second kappa shape index (κ2) is 10.3. The van der Waals surface area contributed by atoms with Crippen molar-refractivity contribution in [2.75, 3.05) is 7.05 Å². The Balaban J connectivity index is 1.90.